The van der Waals surface area contributed by atoms with Gasteiger partial charge < -0.3 is 19.9 Å². The van der Waals surface area contributed by atoms with Crippen LogP contribution in [0.5, 0.6) is 0 Å². The molecule has 0 bridgehead atoms. The van der Waals surface area contributed by atoms with Crippen molar-refractivity contribution in [3.63, 3.8) is 0 Å². The Hall–Kier alpha value is -1.89. The summed E-state index contributed by atoms with van der Waals surface area (Å²) < 4.78 is 6.95. The van der Waals surface area contributed by atoms with Gasteiger partial charge in [-0.1, -0.05) is 0 Å². The summed E-state index contributed by atoms with van der Waals surface area (Å²) in [5, 5.41) is 0. The van der Waals surface area contributed by atoms with Crippen molar-refractivity contribution in [1.29, 1.82) is 0 Å². The predicted octanol–water partition coefficient (Wildman–Crippen LogP) is 0.383. The molecule has 2 rings (SSSR count). The third-order valence-corrected chi connectivity index (χ3v) is 2.96. The second kappa shape index (κ2) is 5.18. The van der Waals surface area contributed by atoms with Gasteiger partial charge in [0.2, 0.25) is 0 Å². The number of carbonyl (C=O) groups excluding carboxylic acids is 1. The molecule has 2 heterocycles. The van der Waals surface area contributed by atoms with Crippen LogP contribution in [0.4, 0.5) is 4.79 Å². The molecule has 1 aromatic rings. The van der Waals surface area contributed by atoms with Gasteiger partial charge in [0.05, 0.1) is 24.8 Å². The maximum atomic E-state index is 11.8. The van der Waals surface area contributed by atoms with E-state index in [2.05, 4.69) is 9.98 Å². The number of nitrogens with two attached hydrogens (primary N) is 1. The van der Waals surface area contributed by atoms with Gasteiger partial charge in [-0.05, 0) is 6.92 Å². The molecule has 1 aromatic heterocycles. The highest BCUT2D eigenvalue weighted by molar-refractivity contribution is 6.03. The molecule has 0 saturated heterocycles. The van der Waals surface area contributed by atoms with Crippen molar-refractivity contribution < 1.29 is 9.53 Å². The number of amidine groups is 1. The summed E-state index contributed by atoms with van der Waals surface area (Å²) in [6.45, 7) is 3.69. The maximum absolute atomic E-state index is 11.8. The molecular weight excluding hydrogens is 234 g/mol. The Morgan fingerprint density at radius 1 is 1.56 bits per heavy atom. The van der Waals surface area contributed by atoms with Crippen LogP contribution in [0.2, 0.25) is 0 Å². The van der Waals surface area contributed by atoms with E-state index in [4.69, 9.17) is 10.5 Å². The van der Waals surface area contributed by atoms with Crippen molar-refractivity contribution in [3.8, 4) is 0 Å². The average Bonchev–Trinajstić information content (AvgIpc) is 2.90. The lowest BCUT2D eigenvalue weighted by Gasteiger charge is -2.24. The van der Waals surface area contributed by atoms with Gasteiger partial charge in [0.1, 0.15) is 11.9 Å². The summed E-state index contributed by atoms with van der Waals surface area (Å²) >= 11 is 0. The number of nitrogens with zero attached hydrogens (tertiary/aromatic N) is 4. The van der Waals surface area contributed by atoms with Crippen LogP contribution in [0.15, 0.2) is 17.5 Å². The summed E-state index contributed by atoms with van der Waals surface area (Å²) in [5.41, 5.74) is 6.73. The number of hydrogen-bond donors (Lipinski definition) is 1. The van der Waals surface area contributed by atoms with Gasteiger partial charge in [0, 0.05) is 20.2 Å². The Kier molecular flexibility index (Phi) is 3.61. The predicted molar refractivity (Wildman–Crippen MR) is 66.2 cm³/mol. The Morgan fingerprint density at radius 2 is 2.33 bits per heavy atom. The molecule has 2 amide bonds. The first-order valence-electron chi connectivity index (χ1n) is 5.82. The molecule has 0 aromatic carbocycles. The van der Waals surface area contributed by atoms with Crippen LogP contribution >= 0.6 is 0 Å². The molecule has 0 fully saturated rings. The molecule has 0 radical (unpaired) electrons. The topological polar surface area (TPSA) is 85.7 Å². The van der Waals surface area contributed by atoms with Crippen LogP contribution in [-0.2, 0) is 11.3 Å². The van der Waals surface area contributed by atoms with E-state index in [1.807, 2.05) is 11.5 Å². The minimum atomic E-state index is -0.338. The Bertz CT molecular complexity index is 468. The molecule has 18 heavy (non-hydrogen) atoms. The van der Waals surface area contributed by atoms with E-state index in [0.717, 1.165) is 12.2 Å². The van der Waals surface area contributed by atoms with E-state index < -0.39 is 0 Å². The van der Waals surface area contributed by atoms with E-state index >= 15 is 0 Å². The van der Waals surface area contributed by atoms with Crippen LogP contribution < -0.4 is 5.73 Å². The van der Waals surface area contributed by atoms with E-state index in [0.29, 0.717) is 19.0 Å². The van der Waals surface area contributed by atoms with Gasteiger partial charge in [-0.3, -0.25) is 0 Å². The molecule has 1 unspecified atom stereocenters. The maximum Gasteiger partial charge on any atom is 0.346 e. The van der Waals surface area contributed by atoms with Crippen LogP contribution in [0, 0.1) is 0 Å². The third kappa shape index (κ3) is 2.08. The Balaban J connectivity index is 2.28. The average molecular weight is 251 g/mol. The second-order valence-corrected chi connectivity index (χ2v) is 4.01. The summed E-state index contributed by atoms with van der Waals surface area (Å²) in [4.78, 5) is 21.3. The van der Waals surface area contributed by atoms with Gasteiger partial charge in [-0.2, -0.15) is 4.99 Å². The van der Waals surface area contributed by atoms with Crippen molar-refractivity contribution in [1.82, 2.24) is 14.5 Å². The van der Waals surface area contributed by atoms with Gasteiger partial charge in [-0.25, -0.2) is 9.78 Å². The summed E-state index contributed by atoms with van der Waals surface area (Å²) in [6, 6.07) is -0.659. The largest absolute Gasteiger partial charge is 0.385 e. The van der Waals surface area contributed by atoms with E-state index in [-0.39, 0.29) is 12.1 Å². The molecule has 7 heteroatoms. The first-order valence-corrected chi connectivity index (χ1v) is 5.82. The number of carbonyl (C=O) groups is 1. The molecule has 1 aliphatic heterocycles. The highest BCUT2D eigenvalue weighted by atomic mass is 16.5. The van der Waals surface area contributed by atoms with Crippen molar-refractivity contribution in [3.05, 3.63) is 18.2 Å². The first-order chi connectivity index (χ1) is 8.69. The molecule has 0 aliphatic carbocycles. The van der Waals surface area contributed by atoms with Gasteiger partial charge in [0.25, 0.3) is 0 Å². The fraction of sp³-hybridized carbons (Fsp3) is 0.545. The fourth-order valence-electron chi connectivity index (χ4n) is 2.05. The number of hydrogen-bond acceptors (Lipinski definition) is 4. The van der Waals surface area contributed by atoms with Crippen molar-refractivity contribution in [2.75, 3.05) is 20.3 Å². The number of methoxy groups -OCH3 is 1. The molecule has 98 valence electrons. The van der Waals surface area contributed by atoms with Crippen molar-refractivity contribution in [2.24, 2.45) is 10.7 Å². The third-order valence-electron chi connectivity index (χ3n) is 2.96. The number of urea groups is 1. The monoisotopic (exact) mass is 251 g/mol. The van der Waals surface area contributed by atoms with Gasteiger partial charge in [-0.15, -0.1) is 0 Å². The number of rotatable bonds is 5. The highest BCUT2D eigenvalue weighted by Gasteiger charge is 2.36. The SMILES string of the molecule is CCn1cncc1C1C(N)=NC(=O)N1CCOC. The minimum Gasteiger partial charge on any atom is -0.385 e. The number of aryl methyl sites for hydroxylation is 1. The molecule has 2 N–H and O–H groups in total. The second-order valence-electron chi connectivity index (χ2n) is 4.01. The van der Waals surface area contributed by atoms with E-state index in [1.54, 1.807) is 24.5 Å². The Labute approximate surface area is 105 Å². The van der Waals surface area contributed by atoms with E-state index in [1.165, 1.54) is 0 Å². The summed E-state index contributed by atoms with van der Waals surface area (Å²) in [7, 11) is 1.59. The lowest BCUT2D eigenvalue weighted by Crippen LogP contribution is -2.36. The molecule has 1 atom stereocenters. The summed E-state index contributed by atoms with van der Waals surface area (Å²) in [5.74, 6) is 0.311. The lowest BCUT2D eigenvalue weighted by atomic mass is 10.2. The smallest absolute Gasteiger partial charge is 0.346 e. The first kappa shape index (κ1) is 12.6. The number of ether oxygens (including phenoxy) is 1. The number of aromatic nitrogens is 2. The zero-order valence-corrected chi connectivity index (χ0v) is 10.5. The molecule has 0 saturated carbocycles. The standard InChI is InChI=1S/C11H17N5O2/c1-3-15-7-13-6-8(15)9-10(12)14-11(17)16(9)4-5-18-2/h6-7,9H,3-5H2,1-2H3,(H2,12,14,17). The quantitative estimate of drug-likeness (QED) is 0.820. The normalized spacial score (nSPS) is 19.4. The summed E-state index contributed by atoms with van der Waals surface area (Å²) in [6.07, 6.45) is 3.44. The van der Waals surface area contributed by atoms with Crippen LogP contribution in [-0.4, -0.2) is 46.6 Å². The minimum absolute atomic E-state index is 0.311. The Morgan fingerprint density at radius 3 is 3.00 bits per heavy atom. The van der Waals surface area contributed by atoms with E-state index in [9.17, 15) is 4.79 Å². The zero-order chi connectivity index (χ0) is 13.1. The van der Waals surface area contributed by atoms with Crippen LogP contribution in [0.25, 0.3) is 0 Å². The molecule has 0 spiro atoms. The molecule has 1 aliphatic rings. The molecule has 7 nitrogen and oxygen atoms in total. The number of amides is 2. The zero-order valence-electron chi connectivity index (χ0n) is 10.5. The van der Waals surface area contributed by atoms with Crippen molar-refractivity contribution >= 4 is 11.9 Å². The van der Waals surface area contributed by atoms with Gasteiger partial charge in [0.15, 0.2) is 0 Å². The van der Waals surface area contributed by atoms with Gasteiger partial charge >= 0.3 is 6.03 Å². The number of imidazole rings is 1. The van der Waals surface area contributed by atoms with Crippen molar-refractivity contribution in [2.45, 2.75) is 19.5 Å². The number of aliphatic imine (C=N–C) groups is 1. The van der Waals surface area contributed by atoms with Crippen LogP contribution in [0.3, 0.4) is 0 Å². The van der Waals surface area contributed by atoms with Crippen LogP contribution in [0.1, 0.15) is 18.7 Å². The highest BCUT2D eigenvalue weighted by Crippen LogP contribution is 2.26. The lowest BCUT2D eigenvalue weighted by molar-refractivity contribution is 0.149. The molecular formula is C11H17N5O2. The fourth-order valence-corrected chi connectivity index (χ4v) is 2.05.